The first-order chi connectivity index (χ1) is 7.68. The van der Waals surface area contributed by atoms with E-state index in [1.165, 1.54) is 0 Å². The summed E-state index contributed by atoms with van der Waals surface area (Å²) in [6.45, 7) is 2.88. The van der Waals surface area contributed by atoms with Gasteiger partial charge in [-0.05, 0) is 12.5 Å². The predicted octanol–water partition coefficient (Wildman–Crippen LogP) is 0.273. The van der Waals surface area contributed by atoms with E-state index < -0.39 is 6.10 Å². The molecule has 0 aliphatic rings. The number of carbonyl (C=O) groups excluding carboxylic acids is 1. The Labute approximate surface area is 95.7 Å². The molecule has 1 rings (SSSR count). The van der Waals surface area contributed by atoms with E-state index in [9.17, 15) is 4.79 Å². The fourth-order valence-electron chi connectivity index (χ4n) is 1.25. The lowest BCUT2D eigenvalue weighted by atomic mass is 10.2. The Morgan fingerprint density at radius 3 is 2.69 bits per heavy atom. The normalized spacial score (nSPS) is 12.1. The first-order valence-corrected chi connectivity index (χ1v) is 5.38. The molecule has 0 spiro atoms. The van der Waals surface area contributed by atoms with Crippen LogP contribution in [0.15, 0.2) is 30.3 Å². The maximum atomic E-state index is 11.3. The number of benzene rings is 1. The molecule has 88 valence electrons. The second-order valence-electron chi connectivity index (χ2n) is 3.74. The van der Waals surface area contributed by atoms with Crippen LogP contribution in [0.5, 0.6) is 0 Å². The molecule has 0 radical (unpaired) electrons. The van der Waals surface area contributed by atoms with Crippen molar-refractivity contribution < 1.29 is 9.90 Å². The van der Waals surface area contributed by atoms with Crippen molar-refractivity contribution in [2.75, 3.05) is 13.1 Å². The van der Waals surface area contributed by atoms with Gasteiger partial charge in [0.15, 0.2) is 0 Å². The molecule has 1 amide bonds. The molecular weight excluding hydrogens is 204 g/mol. The molecule has 0 saturated carbocycles. The van der Waals surface area contributed by atoms with E-state index in [2.05, 4.69) is 10.6 Å². The van der Waals surface area contributed by atoms with Crippen LogP contribution in [0.4, 0.5) is 0 Å². The number of nitrogens with one attached hydrogen (secondary N) is 2. The Bertz CT molecular complexity index is 312. The summed E-state index contributed by atoms with van der Waals surface area (Å²) in [7, 11) is 0. The van der Waals surface area contributed by atoms with E-state index >= 15 is 0 Å². The van der Waals surface area contributed by atoms with Crippen molar-refractivity contribution in [3.05, 3.63) is 35.9 Å². The van der Waals surface area contributed by atoms with Crippen LogP contribution in [0.1, 0.15) is 12.5 Å². The minimum absolute atomic E-state index is 0.0653. The highest BCUT2D eigenvalue weighted by atomic mass is 16.3. The molecule has 0 fully saturated rings. The number of rotatable bonds is 6. The lowest BCUT2D eigenvalue weighted by Crippen LogP contribution is -2.36. The van der Waals surface area contributed by atoms with Gasteiger partial charge in [-0.2, -0.15) is 0 Å². The van der Waals surface area contributed by atoms with Gasteiger partial charge in [0.1, 0.15) is 0 Å². The zero-order valence-corrected chi connectivity index (χ0v) is 9.44. The minimum atomic E-state index is -0.429. The lowest BCUT2D eigenvalue weighted by molar-refractivity contribution is -0.120. The summed E-state index contributed by atoms with van der Waals surface area (Å²) < 4.78 is 0. The summed E-state index contributed by atoms with van der Waals surface area (Å²) in [5, 5.41) is 14.6. The molecule has 1 atom stereocenters. The molecule has 0 heterocycles. The average Bonchev–Trinajstić information content (AvgIpc) is 2.27. The van der Waals surface area contributed by atoms with Crippen LogP contribution in [0.2, 0.25) is 0 Å². The van der Waals surface area contributed by atoms with E-state index in [0.717, 1.165) is 5.56 Å². The third-order valence-corrected chi connectivity index (χ3v) is 2.06. The number of aliphatic hydroxyl groups excluding tert-OH is 1. The van der Waals surface area contributed by atoms with Gasteiger partial charge in [-0.25, -0.2) is 0 Å². The first kappa shape index (κ1) is 12.7. The van der Waals surface area contributed by atoms with Gasteiger partial charge < -0.3 is 15.7 Å². The molecule has 4 heteroatoms. The first-order valence-electron chi connectivity index (χ1n) is 5.38. The summed E-state index contributed by atoms with van der Waals surface area (Å²) in [5.41, 5.74) is 1.08. The monoisotopic (exact) mass is 222 g/mol. The average molecular weight is 222 g/mol. The fourth-order valence-corrected chi connectivity index (χ4v) is 1.25. The standard InChI is InChI=1S/C12H18N2O2/c1-10(15)7-13-9-12(16)14-8-11-5-3-2-4-6-11/h2-6,10,13,15H,7-9H2,1H3,(H,14,16)/t10-/m1/s1. The van der Waals surface area contributed by atoms with Crippen LogP contribution >= 0.6 is 0 Å². The highest BCUT2D eigenvalue weighted by Crippen LogP contribution is 1.96. The van der Waals surface area contributed by atoms with Crippen molar-refractivity contribution in [1.82, 2.24) is 10.6 Å². The molecule has 4 nitrogen and oxygen atoms in total. The van der Waals surface area contributed by atoms with E-state index in [4.69, 9.17) is 5.11 Å². The Hall–Kier alpha value is -1.39. The van der Waals surface area contributed by atoms with Gasteiger partial charge in [0.25, 0.3) is 0 Å². The van der Waals surface area contributed by atoms with Crippen LogP contribution in [0.3, 0.4) is 0 Å². The summed E-state index contributed by atoms with van der Waals surface area (Å²) in [6.07, 6.45) is -0.429. The Morgan fingerprint density at radius 2 is 2.06 bits per heavy atom. The molecule has 0 bridgehead atoms. The van der Waals surface area contributed by atoms with Crippen LogP contribution < -0.4 is 10.6 Å². The smallest absolute Gasteiger partial charge is 0.234 e. The molecule has 0 saturated heterocycles. The number of aliphatic hydroxyl groups is 1. The zero-order valence-electron chi connectivity index (χ0n) is 9.44. The molecule has 0 aliphatic carbocycles. The van der Waals surface area contributed by atoms with Gasteiger partial charge in [-0.3, -0.25) is 4.79 Å². The minimum Gasteiger partial charge on any atom is -0.392 e. The van der Waals surface area contributed by atoms with Gasteiger partial charge in [0, 0.05) is 13.1 Å². The van der Waals surface area contributed by atoms with Crippen LogP contribution in [-0.2, 0) is 11.3 Å². The molecule has 0 aromatic heterocycles. The maximum Gasteiger partial charge on any atom is 0.234 e. The van der Waals surface area contributed by atoms with Gasteiger partial charge in [0.05, 0.1) is 12.6 Å². The Kier molecular flexibility index (Phi) is 5.53. The van der Waals surface area contributed by atoms with Crippen molar-refractivity contribution in [1.29, 1.82) is 0 Å². The molecule has 1 aromatic carbocycles. The topological polar surface area (TPSA) is 61.4 Å². The molecule has 16 heavy (non-hydrogen) atoms. The summed E-state index contributed by atoms with van der Waals surface area (Å²) in [6, 6.07) is 9.74. The maximum absolute atomic E-state index is 11.3. The molecule has 0 unspecified atom stereocenters. The quantitative estimate of drug-likeness (QED) is 0.647. The van der Waals surface area contributed by atoms with Gasteiger partial charge in [-0.15, -0.1) is 0 Å². The van der Waals surface area contributed by atoms with Crippen LogP contribution in [-0.4, -0.2) is 30.2 Å². The number of amides is 1. The number of hydrogen-bond donors (Lipinski definition) is 3. The second-order valence-corrected chi connectivity index (χ2v) is 3.74. The number of carbonyl (C=O) groups is 1. The Morgan fingerprint density at radius 1 is 1.38 bits per heavy atom. The van der Waals surface area contributed by atoms with Crippen molar-refractivity contribution in [3.63, 3.8) is 0 Å². The van der Waals surface area contributed by atoms with E-state index in [-0.39, 0.29) is 12.5 Å². The lowest BCUT2D eigenvalue weighted by Gasteiger charge is -2.07. The summed E-state index contributed by atoms with van der Waals surface area (Å²) in [4.78, 5) is 11.3. The van der Waals surface area contributed by atoms with Crippen molar-refractivity contribution >= 4 is 5.91 Å². The number of hydrogen-bond acceptors (Lipinski definition) is 3. The summed E-state index contributed by atoms with van der Waals surface area (Å²) >= 11 is 0. The highest BCUT2D eigenvalue weighted by molar-refractivity contribution is 5.77. The third-order valence-electron chi connectivity index (χ3n) is 2.06. The highest BCUT2D eigenvalue weighted by Gasteiger charge is 2.01. The van der Waals surface area contributed by atoms with Crippen molar-refractivity contribution in [3.8, 4) is 0 Å². The van der Waals surface area contributed by atoms with E-state index in [1.54, 1.807) is 6.92 Å². The third kappa shape index (κ3) is 5.48. The zero-order chi connectivity index (χ0) is 11.8. The molecule has 1 aromatic rings. The largest absolute Gasteiger partial charge is 0.392 e. The Balaban J connectivity index is 2.16. The second kappa shape index (κ2) is 6.98. The predicted molar refractivity (Wildman–Crippen MR) is 62.8 cm³/mol. The molecule has 3 N–H and O–H groups in total. The van der Waals surface area contributed by atoms with E-state index in [1.807, 2.05) is 30.3 Å². The SMILES string of the molecule is C[C@@H](O)CNCC(=O)NCc1ccccc1. The molecule has 0 aliphatic heterocycles. The van der Waals surface area contributed by atoms with Gasteiger partial charge >= 0.3 is 0 Å². The summed E-state index contributed by atoms with van der Waals surface area (Å²) in [5.74, 6) is -0.0653. The van der Waals surface area contributed by atoms with Gasteiger partial charge in [-0.1, -0.05) is 30.3 Å². The van der Waals surface area contributed by atoms with Crippen LogP contribution in [0, 0.1) is 0 Å². The van der Waals surface area contributed by atoms with Crippen LogP contribution in [0.25, 0.3) is 0 Å². The van der Waals surface area contributed by atoms with Crippen molar-refractivity contribution in [2.24, 2.45) is 0 Å². The van der Waals surface area contributed by atoms with E-state index in [0.29, 0.717) is 13.1 Å². The fraction of sp³-hybridized carbons (Fsp3) is 0.417. The van der Waals surface area contributed by atoms with Gasteiger partial charge in [0.2, 0.25) is 5.91 Å². The molecular formula is C12H18N2O2. The van der Waals surface area contributed by atoms with Crippen molar-refractivity contribution in [2.45, 2.75) is 19.6 Å².